The highest BCUT2D eigenvalue weighted by Crippen LogP contribution is 2.19. The minimum atomic E-state index is -0.889. The molecule has 3 nitrogen and oxygen atoms in total. The van der Waals surface area contributed by atoms with Crippen LogP contribution in [0.25, 0.3) is 0 Å². The van der Waals surface area contributed by atoms with Crippen LogP contribution in [-0.2, 0) is 10.8 Å². The molecule has 0 saturated heterocycles. The topological polar surface area (TPSA) is 46.2 Å². The average molecular weight is 336 g/mol. The Bertz CT molecular complexity index is 447. The molecule has 0 fully saturated rings. The van der Waals surface area contributed by atoms with Crippen molar-refractivity contribution in [3.63, 3.8) is 0 Å². The van der Waals surface area contributed by atoms with E-state index in [1.807, 2.05) is 0 Å². The third-order valence-electron chi connectivity index (χ3n) is 2.41. The van der Waals surface area contributed by atoms with Gasteiger partial charge in [-0.05, 0) is 41.4 Å². The van der Waals surface area contributed by atoms with E-state index in [4.69, 9.17) is 0 Å². The van der Waals surface area contributed by atoms with Crippen molar-refractivity contribution in [2.45, 2.75) is 19.4 Å². The molecule has 0 aliphatic heterocycles. The first kappa shape index (κ1) is 15.3. The van der Waals surface area contributed by atoms with Crippen LogP contribution in [0.1, 0.15) is 23.7 Å². The van der Waals surface area contributed by atoms with Gasteiger partial charge in [-0.1, -0.05) is 6.07 Å². The molecule has 1 amide bonds. The van der Waals surface area contributed by atoms with Gasteiger partial charge in [0.05, 0.1) is 5.56 Å². The normalized spacial score (nSPS) is 14.0. The molecular formula is C12H15BrFNO2S. The van der Waals surface area contributed by atoms with Crippen LogP contribution >= 0.6 is 15.9 Å². The summed E-state index contributed by atoms with van der Waals surface area (Å²) in [7, 11) is -0.889. The molecule has 0 heterocycles. The maximum Gasteiger partial charge on any atom is 0.255 e. The molecule has 1 rings (SSSR count). The average Bonchev–Trinajstić information content (AvgIpc) is 2.26. The summed E-state index contributed by atoms with van der Waals surface area (Å²) in [6.45, 7) is 1.81. The SMILES string of the molecule is CC(CCS(C)=O)NC(=O)c1c(F)cccc1Br. The quantitative estimate of drug-likeness (QED) is 0.898. The maximum atomic E-state index is 13.5. The number of benzene rings is 1. The lowest BCUT2D eigenvalue weighted by Gasteiger charge is -2.14. The number of hydrogen-bond acceptors (Lipinski definition) is 2. The summed E-state index contributed by atoms with van der Waals surface area (Å²) in [5.41, 5.74) is 0.00182. The van der Waals surface area contributed by atoms with Gasteiger partial charge in [0.2, 0.25) is 0 Å². The Kier molecular flexibility index (Phi) is 5.95. The molecule has 0 aromatic heterocycles. The second-order valence-corrected chi connectivity index (χ2v) is 6.45. The van der Waals surface area contributed by atoms with Crippen LogP contribution in [0.3, 0.4) is 0 Å². The van der Waals surface area contributed by atoms with Crippen molar-refractivity contribution in [2.24, 2.45) is 0 Å². The predicted octanol–water partition coefficient (Wildman–Crippen LogP) is 2.48. The smallest absolute Gasteiger partial charge is 0.255 e. The lowest BCUT2D eigenvalue weighted by molar-refractivity contribution is 0.0934. The van der Waals surface area contributed by atoms with E-state index in [9.17, 15) is 13.4 Å². The highest BCUT2D eigenvalue weighted by atomic mass is 79.9. The van der Waals surface area contributed by atoms with Crippen molar-refractivity contribution in [1.82, 2.24) is 5.32 Å². The minimum Gasteiger partial charge on any atom is -0.349 e. The highest BCUT2D eigenvalue weighted by molar-refractivity contribution is 9.10. The summed E-state index contributed by atoms with van der Waals surface area (Å²) in [5.74, 6) is -0.512. The highest BCUT2D eigenvalue weighted by Gasteiger charge is 2.17. The van der Waals surface area contributed by atoms with E-state index < -0.39 is 22.5 Å². The predicted molar refractivity (Wildman–Crippen MR) is 74.6 cm³/mol. The summed E-state index contributed by atoms with van der Waals surface area (Å²) in [6.07, 6.45) is 2.21. The van der Waals surface area contributed by atoms with Crippen molar-refractivity contribution >= 4 is 32.6 Å². The molecule has 0 bridgehead atoms. The fourth-order valence-corrected chi connectivity index (χ4v) is 2.63. The van der Waals surface area contributed by atoms with Gasteiger partial charge < -0.3 is 5.32 Å². The van der Waals surface area contributed by atoms with Gasteiger partial charge in [-0.3, -0.25) is 9.00 Å². The molecule has 1 aromatic rings. The number of hydrogen-bond donors (Lipinski definition) is 1. The van der Waals surface area contributed by atoms with Gasteiger partial charge in [-0.15, -0.1) is 0 Å². The largest absolute Gasteiger partial charge is 0.349 e. The molecular weight excluding hydrogens is 321 g/mol. The molecule has 6 heteroatoms. The van der Waals surface area contributed by atoms with Crippen molar-refractivity contribution in [2.75, 3.05) is 12.0 Å². The van der Waals surface area contributed by atoms with Crippen molar-refractivity contribution in [1.29, 1.82) is 0 Å². The van der Waals surface area contributed by atoms with E-state index >= 15 is 0 Å². The fourth-order valence-electron chi connectivity index (χ4n) is 1.43. The van der Waals surface area contributed by atoms with Crippen LogP contribution in [0.15, 0.2) is 22.7 Å². The number of nitrogens with one attached hydrogen (secondary N) is 1. The minimum absolute atomic E-state index is 0.00182. The Balaban J connectivity index is 2.68. The van der Waals surface area contributed by atoms with Crippen LogP contribution < -0.4 is 5.32 Å². The van der Waals surface area contributed by atoms with E-state index in [0.717, 1.165) is 0 Å². The molecule has 0 radical (unpaired) electrons. The first-order valence-electron chi connectivity index (χ1n) is 5.46. The summed E-state index contributed by atoms with van der Waals surface area (Å²) < 4.78 is 24.9. The zero-order chi connectivity index (χ0) is 13.7. The third kappa shape index (κ3) is 4.49. The number of halogens is 2. The van der Waals surface area contributed by atoms with E-state index in [1.54, 1.807) is 19.2 Å². The molecule has 0 spiro atoms. The van der Waals surface area contributed by atoms with Gasteiger partial charge in [0, 0.05) is 33.3 Å². The zero-order valence-electron chi connectivity index (χ0n) is 10.2. The van der Waals surface area contributed by atoms with Crippen molar-refractivity contribution < 1.29 is 13.4 Å². The Morgan fingerprint density at radius 3 is 2.78 bits per heavy atom. The summed E-state index contributed by atoms with van der Waals surface area (Å²) in [4.78, 5) is 11.9. The zero-order valence-corrected chi connectivity index (χ0v) is 12.6. The van der Waals surface area contributed by atoms with Gasteiger partial charge in [0.15, 0.2) is 0 Å². The third-order valence-corrected chi connectivity index (χ3v) is 3.88. The van der Waals surface area contributed by atoms with Gasteiger partial charge in [0.1, 0.15) is 5.82 Å². The fraction of sp³-hybridized carbons (Fsp3) is 0.417. The van der Waals surface area contributed by atoms with Gasteiger partial charge in [0.25, 0.3) is 5.91 Å². The van der Waals surface area contributed by atoms with Crippen LogP contribution in [0.4, 0.5) is 4.39 Å². The Labute approximate surface area is 117 Å². The van der Waals surface area contributed by atoms with E-state index in [2.05, 4.69) is 21.2 Å². The van der Waals surface area contributed by atoms with Crippen LogP contribution in [0.2, 0.25) is 0 Å². The summed E-state index contributed by atoms with van der Waals surface area (Å²) in [5, 5.41) is 2.69. The van der Waals surface area contributed by atoms with Gasteiger partial charge >= 0.3 is 0 Å². The first-order valence-corrected chi connectivity index (χ1v) is 7.98. The second kappa shape index (κ2) is 6.99. The summed E-state index contributed by atoms with van der Waals surface area (Å²) >= 11 is 3.15. The van der Waals surface area contributed by atoms with Crippen molar-refractivity contribution in [3.05, 3.63) is 34.1 Å². The number of rotatable bonds is 5. The number of carbonyl (C=O) groups excluding carboxylic acids is 1. The van der Waals surface area contributed by atoms with Gasteiger partial charge in [-0.2, -0.15) is 0 Å². The monoisotopic (exact) mass is 335 g/mol. The molecule has 100 valence electrons. The Morgan fingerprint density at radius 2 is 2.22 bits per heavy atom. The molecule has 0 aliphatic rings. The standard InChI is InChI=1S/C12H15BrFNO2S/c1-8(6-7-18(2)17)15-12(16)11-9(13)4-3-5-10(11)14/h3-5,8H,6-7H2,1-2H3,(H,15,16). The maximum absolute atomic E-state index is 13.5. The lowest BCUT2D eigenvalue weighted by atomic mass is 10.1. The molecule has 2 unspecified atom stereocenters. The van der Waals surface area contributed by atoms with Gasteiger partial charge in [-0.25, -0.2) is 4.39 Å². The lowest BCUT2D eigenvalue weighted by Crippen LogP contribution is -2.34. The Hall–Kier alpha value is -0.750. The second-order valence-electron chi connectivity index (χ2n) is 4.04. The molecule has 1 aromatic carbocycles. The van der Waals surface area contributed by atoms with Crippen molar-refractivity contribution in [3.8, 4) is 0 Å². The number of carbonyl (C=O) groups is 1. The number of amides is 1. The Morgan fingerprint density at radius 1 is 1.56 bits per heavy atom. The molecule has 1 N–H and O–H groups in total. The summed E-state index contributed by atoms with van der Waals surface area (Å²) in [6, 6.07) is 4.24. The van der Waals surface area contributed by atoms with Crippen LogP contribution in [0.5, 0.6) is 0 Å². The van der Waals surface area contributed by atoms with E-state index in [-0.39, 0.29) is 11.6 Å². The van der Waals surface area contributed by atoms with E-state index in [1.165, 1.54) is 12.1 Å². The first-order chi connectivity index (χ1) is 8.41. The molecule has 2 atom stereocenters. The molecule has 18 heavy (non-hydrogen) atoms. The van der Waals surface area contributed by atoms with Crippen LogP contribution in [0, 0.1) is 5.82 Å². The molecule has 0 aliphatic carbocycles. The van der Waals surface area contributed by atoms with Crippen LogP contribution in [-0.4, -0.2) is 28.2 Å². The molecule has 0 saturated carbocycles. The van der Waals surface area contributed by atoms with E-state index in [0.29, 0.717) is 16.6 Å².